The zero-order valence-corrected chi connectivity index (χ0v) is 23.0. The van der Waals surface area contributed by atoms with Gasteiger partial charge in [0.15, 0.2) is 0 Å². The molecule has 0 atom stereocenters. The van der Waals surface area contributed by atoms with Gasteiger partial charge in [-0.15, -0.1) is 0 Å². The Balaban J connectivity index is 0.00000107. The number of hydrogen-bond donors (Lipinski definition) is 1. The van der Waals surface area contributed by atoms with Crippen molar-refractivity contribution in [3.05, 3.63) is 99.9 Å². The Hall–Kier alpha value is -3.61. The second-order valence-corrected chi connectivity index (χ2v) is 11.0. The zero-order chi connectivity index (χ0) is 27.3. The predicted molar refractivity (Wildman–Crippen MR) is 153 cm³/mol. The molecule has 38 heavy (non-hydrogen) atoms. The van der Waals surface area contributed by atoms with Crippen molar-refractivity contribution >= 4 is 51.6 Å². The number of halogens is 2. The third-order valence-corrected chi connectivity index (χ3v) is 6.59. The van der Waals surface area contributed by atoms with Crippen molar-refractivity contribution in [2.45, 2.75) is 40.3 Å². The van der Waals surface area contributed by atoms with Crippen LogP contribution in [0.2, 0.25) is 10.0 Å². The second-order valence-electron chi connectivity index (χ2n) is 10.1. The lowest BCUT2D eigenvalue weighted by molar-refractivity contribution is -0.122. The summed E-state index contributed by atoms with van der Waals surface area (Å²) in [4.78, 5) is 18.1. The molecule has 3 aromatic carbocycles. The summed E-state index contributed by atoms with van der Waals surface area (Å²) in [5, 5.41) is 9.13. The largest absolute Gasteiger partial charge is 0.487 e. The molecule has 0 saturated heterocycles. The van der Waals surface area contributed by atoms with Gasteiger partial charge in [0.1, 0.15) is 18.2 Å². The number of benzene rings is 3. The number of rotatable bonds is 6. The molecule has 0 unspecified atom stereocenters. The maximum absolute atomic E-state index is 8.36. The van der Waals surface area contributed by atoms with E-state index in [2.05, 4.69) is 43.5 Å². The van der Waals surface area contributed by atoms with Gasteiger partial charge < -0.3 is 14.4 Å². The molecule has 0 fully saturated rings. The molecule has 0 spiro atoms. The fourth-order valence-corrected chi connectivity index (χ4v) is 4.52. The van der Waals surface area contributed by atoms with E-state index in [4.69, 9.17) is 47.8 Å². The van der Waals surface area contributed by atoms with Crippen LogP contribution in [0.4, 0.5) is 0 Å². The van der Waals surface area contributed by atoms with E-state index in [0.29, 0.717) is 23.2 Å². The number of carboxylic acid groups (broad SMARTS) is 1. The van der Waals surface area contributed by atoms with Crippen molar-refractivity contribution < 1.29 is 14.6 Å². The quantitative estimate of drug-likeness (QED) is 0.218. The van der Waals surface area contributed by atoms with Gasteiger partial charge in [-0.1, -0.05) is 74.3 Å². The summed E-state index contributed by atoms with van der Waals surface area (Å²) in [7, 11) is 0. The Morgan fingerprint density at radius 3 is 2.42 bits per heavy atom. The third kappa shape index (κ3) is 6.82. The molecule has 1 N–H and O–H groups in total. The molecule has 5 rings (SSSR count). The van der Waals surface area contributed by atoms with Gasteiger partial charge in [0.25, 0.3) is 6.47 Å². The Morgan fingerprint density at radius 1 is 0.921 bits per heavy atom. The van der Waals surface area contributed by atoms with Crippen LogP contribution < -0.4 is 4.74 Å². The average molecular weight is 550 g/mol. The topological polar surface area (TPSA) is 77.2 Å². The SMILES string of the molecule is CC(C)(C)Cc1nc2cc(OCc3ccc4ccccc4n3)ccc2n1Cc1ccc(Cl)c(Cl)c1.O=CO. The number of hydrogen-bond acceptors (Lipinski definition) is 4. The minimum Gasteiger partial charge on any atom is -0.487 e. The van der Waals surface area contributed by atoms with E-state index in [1.54, 1.807) is 0 Å². The normalized spacial score (nSPS) is 11.3. The van der Waals surface area contributed by atoms with Crippen LogP contribution in [0.1, 0.15) is 37.9 Å². The van der Waals surface area contributed by atoms with Gasteiger partial charge in [0.05, 0.1) is 32.3 Å². The first-order valence-corrected chi connectivity index (χ1v) is 12.9. The van der Waals surface area contributed by atoms with Crippen molar-refractivity contribution in [1.82, 2.24) is 14.5 Å². The molecule has 0 amide bonds. The maximum Gasteiger partial charge on any atom is 0.290 e. The minimum atomic E-state index is -0.250. The summed E-state index contributed by atoms with van der Waals surface area (Å²) in [6, 6.07) is 24.0. The highest BCUT2D eigenvalue weighted by molar-refractivity contribution is 6.42. The predicted octanol–water partition coefficient (Wildman–Crippen LogP) is 7.81. The molecule has 0 aliphatic rings. The summed E-state index contributed by atoms with van der Waals surface area (Å²) >= 11 is 12.4. The highest BCUT2D eigenvalue weighted by atomic mass is 35.5. The molecule has 2 aromatic heterocycles. The highest BCUT2D eigenvalue weighted by Crippen LogP contribution is 2.29. The molecule has 196 valence electrons. The first-order chi connectivity index (χ1) is 18.2. The van der Waals surface area contributed by atoms with E-state index in [-0.39, 0.29) is 11.9 Å². The van der Waals surface area contributed by atoms with Gasteiger partial charge >= 0.3 is 0 Å². The van der Waals surface area contributed by atoms with Gasteiger partial charge in [-0.05, 0) is 47.4 Å². The van der Waals surface area contributed by atoms with Crippen molar-refractivity contribution in [3.8, 4) is 5.75 Å². The van der Waals surface area contributed by atoms with E-state index in [9.17, 15) is 0 Å². The molecule has 0 saturated carbocycles. The van der Waals surface area contributed by atoms with Crippen LogP contribution in [-0.2, 0) is 24.4 Å². The van der Waals surface area contributed by atoms with Crippen LogP contribution in [0.5, 0.6) is 5.75 Å². The Bertz CT molecular complexity index is 1570. The Kier molecular flexibility index (Phi) is 8.55. The number of ether oxygens (including phenoxy) is 1. The monoisotopic (exact) mass is 549 g/mol. The van der Waals surface area contributed by atoms with E-state index in [0.717, 1.165) is 51.2 Å². The lowest BCUT2D eigenvalue weighted by Gasteiger charge is -2.19. The lowest BCUT2D eigenvalue weighted by atomic mass is 9.92. The number of pyridine rings is 1. The van der Waals surface area contributed by atoms with Crippen molar-refractivity contribution in [3.63, 3.8) is 0 Å². The molecular weight excluding hydrogens is 521 g/mol. The van der Waals surface area contributed by atoms with Gasteiger partial charge in [-0.3, -0.25) is 4.79 Å². The molecule has 0 bridgehead atoms. The van der Waals surface area contributed by atoms with Crippen molar-refractivity contribution in [2.75, 3.05) is 0 Å². The smallest absolute Gasteiger partial charge is 0.290 e. The maximum atomic E-state index is 8.36. The molecule has 6 nitrogen and oxygen atoms in total. The van der Waals surface area contributed by atoms with Crippen molar-refractivity contribution in [1.29, 1.82) is 0 Å². The number of fused-ring (bicyclic) bond motifs is 2. The molecular formula is C30H29Cl2N3O3. The Labute approximate surface area is 231 Å². The van der Waals surface area contributed by atoms with Gasteiger partial charge in [0, 0.05) is 24.4 Å². The molecule has 0 aliphatic carbocycles. The summed E-state index contributed by atoms with van der Waals surface area (Å²) < 4.78 is 8.36. The first kappa shape index (κ1) is 27.4. The number of aromatic nitrogens is 3. The van der Waals surface area contributed by atoms with E-state index < -0.39 is 0 Å². The lowest BCUT2D eigenvalue weighted by Crippen LogP contribution is -2.15. The van der Waals surface area contributed by atoms with Crippen LogP contribution in [0.25, 0.3) is 21.9 Å². The number of imidazole rings is 1. The average Bonchev–Trinajstić information content (AvgIpc) is 3.19. The highest BCUT2D eigenvalue weighted by Gasteiger charge is 2.19. The summed E-state index contributed by atoms with van der Waals surface area (Å²) in [6.07, 6.45) is 0.847. The van der Waals surface area contributed by atoms with E-state index in [1.807, 2.05) is 54.6 Å². The van der Waals surface area contributed by atoms with Gasteiger partial charge in [-0.2, -0.15) is 0 Å². The standard InChI is InChI=1S/C29H27Cl2N3O.CH2O2/c1-29(2,3)16-28-33-26-15-22(35-18-21-10-9-20-6-4-5-7-25(20)32-21)11-13-27(26)34(28)17-19-8-12-23(30)24(31)14-19;2-1-3/h4-15H,16-18H2,1-3H3;1H,(H,2,3). The molecule has 0 radical (unpaired) electrons. The van der Waals surface area contributed by atoms with Crippen LogP contribution in [0.15, 0.2) is 72.8 Å². The zero-order valence-electron chi connectivity index (χ0n) is 21.5. The van der Waals surface area contributed by atoms with Crippen LogP contribution in [0.3, 0.4) is 0 Å². The van der Waals surface area contributed by atoms with Crippen molar-refractivity contribution in [2.24, 2.45) is 5.41 Å². The van der Waals surface area contributed by atoms with E-state index in [1.165, 1.54) is 0 Å². The van der Waals surface area contributed by atoms with Crippen LogP contribution in [0, 0.1) is 5.41 Å². The Morgan fingerprint density at radius 2 is 1.68 bits per heavy atom. The third-order valence-electron chi connectivity index (χ3n) is 5.85. The number of nitrogens with zero attached hydrogens (tertiary/aromatic N) is 3. The van der Waals surface area contributed by atoms with Gasteiger partial charge in [-0.25, -0.2) is 9.97 Å². The minimum absolute atomic E-state index is 0.0951. The molecule has 0 aliphatic heterocycles. The fourth-order valence-electron chi connectivity index (χ4n) is 4.20. The summed E-state index contributed by atoms with van der Waals surface area (Å²) in [5.74, 6) is 1.81. The fraction of sp³-hybridized carbons (Fsp3) is 0.233. The first-order valence-electron chi connectivity index (χ1n) is 12.2. The van der Waals surface area contributed by atoms with Crippen LogP contribution >= 0.6 is 23.2 Å². The number of para-hydroxylation sites is 1. The van der Waals surface area contributed by atoms with Crippen LogP contribution in [-0.4, -0.2) is 26.1 Å². The number of carbonyl (C=O) groups is 1. The molecule has 5 aromatic rings. The second kappa shape index (κ2) is 11.8. The van der Waals surface area contributed by atoms with Gasteiger partial charge in [0.2, 0.25) is 0 Å². The summed E-state index contributed by atoms with van der Waals surface area (Å²) in [6.45, 7) is 7.48. The summed E-state index contributed by atoms with van der Waals surface area (Å²) in [5.41, 5.74) is 5.01. The molecule has 2 heterocycles. The molecule has 8 heteroatoms. The van der Waals surface area contributed by atoms with E-state index >= 15 is 0 Å².